The molecule has 0 atom stereocenters. The summed E-state index contributed by atoms with van der Waals surface area (Å²) in [5, 5.41) is 2.40. The van der Waals surface area contributed by atoms with E-state index in [4.69, 9.17) is 16.3 Å². The van der Waals surface area contributed by atoms with Crippen molar-refractivity contribution in [1.82, 2.24) is 9.97 Å². The van der Waals surface area contributed by atoms with Gasteiger partial charge in [0.05, 0.1) is 7.11 Å². The molecule has 7 heteroatoms. The lowest BCUT2D eigenvalue weighted by molar-refractivity contribution is 0.101. The number of nitrogens with zero attached hydrogens (tertiary/aromatic N) is 2. The van der Waals surface area contributed by atoms with E-state index in [1.54, 1.807) is 0 Å². The number of halogens is 2. The Hall–Kier alpha value is -2.21. The van der Waals surface area contributed by atoms with E-state index in [-0.39, 0.29) is 22.3 Å². The summed E-state index contributed by atoms with van der Waals surface area (Å²) in [7, 11) is 1.35. The molecule has 0 fully saturated rings. The van der Waals surface area contributed by atoms with Crippen LogP contribution in [-0.2, 0) is 0 Å². The van der Waals surface area contributed by atoms with Gasteiger partial charge in [-0.3, -0.25) is 4.79 Å². The Morgan fingerprint density at radius 3 is 2.79 bits per heavy atom. The van der Waals surface area contributed by atoms with Crippen LogP contribution in [0.1, 0.15) is 10.4 Å². The van der Waals surface area contributed by atoms with Crippen molar-refractivity contribution in [2.24, 2.45) is 0 Å². The third-order valence-corrected chi connectivity index (χ3v) is 2.58. The number of hydrogen-bond acceptors (Lipinski definition) is 4. The van der Waals surface area contributed by atoms with Crippen molar-refractivity contribution in [3.63, 3.8) is 0 Å². The van der Waals surface area contributed by atoms with Gasteiger partial charge in [-0.05, 0) is 12.1 Å². The van der Waals surface area contributed by atoms with Crippen LogP contribution in [0, 0.1) is 5.82 Å². The molecule has 19 heavy (non-hydrogen) atoms. The van der Waals surface area contributed by atoms with Gasteiger partial charge in [0.15, 0.2) is 11.0 Å². The fourth-order valence-electron chi connectivity index (χ4n) is 1.47. The number of carbonyl (C=O) groups excluding carboxylic acids is 1. The molecule has 1 aromatic carbocycles. The highest BCUT2D eigenvalue weighted by Crippen LogP contribution is 2.23. The van der Waals surface area contributed by atoms with Gasteiger partial charge in [0.25, 0.3) is 5.91 Å². The van der Waals surface area contributed by atoms with Gasteiger partial charge in [-0.2, -0.15) is 0 Å². The van der Waals surface area contributed by atoms with Gasteiger partial charge in [0.1, 0.15) is 17.1 Å². The maximum atomic E-state index is 13.7. The third-order valence-electron chi connectivity index (χ3n) is 2.31. The van der Waals surface area contributed by atoms with Crippen molar-refractivity contribution in [3.8, 4) is 5.75 Å². The van der Waals surface area contributed by atoms with E-state index in [1.807, 2.05) is 0 Å². The second-order valence-electron chi connectivity index (χ2n) is 3.47. The molecule has 2 aromatic rings. The van der Waals surface area contributed by atoms with Crippen molar-refractivity contribution in [3.05, 3.63) is 47.1 Å². The second-order valence-corrected chi connectivity index (χ2v) is 3.82. The average molecular weight is 282 g/mol. The van der Waals surface area contributed by atoms with Gasteiger partial charge < -0.3 is 10.1 Å². The van der Waals surface area contributed by atoms with Crippen LogP contribution in [-0.4, -0.2) is 23.0 Å². The number of carbonyl (C=O) groups is 1. The molecule has 1 aromatic heterocycles. The van der Waals surface area contributed by atoms with E-state index < -0.39 is 11.7 Å². The molecule has 98 valence electrons. The predicted molar refractivity (Wildman–Crippen MR) is 67.9 cm³/mol. The third kappa shape index (κ3) is 2.79. The fourth-order valence-corrected chi connectivity index (χ4v) is 1.62. The highest BCUT2D eigenvalue weighted by atomic mass is 35.5. The van der Waals surface area contributed by atoms with Gasteiger partial charge in [-0.15, -0.1) is 0 Å². The highest BCUT2D eigenvalue weighted by molar-refractivity contribution is 6.32. The maximum Gasteiger partial charge on any atom is 0.263 e. The first-order valence-electron chi connectivity index (χ1n) is 5.24. The molecule has 5 nitrogen and oxygen atoms in total. The molecule has 1 amide bonds. The Kier molecular flexibility index (Phi) is 3.91. The zero-order valence-corrected chi connectivity index (χ0v) is 10.6. The van der Waals surface area contributed by atoms with Crippen LogP contribution >= 0.6 is 11.6 Å². The van der Waals surface area contributed by atoms with Gasteiger partial charge in [0.2, 0.25) is 0 Å². The number of hydrogen-bond donors (Lipinski definition) is 1. The Morgan fingerprint density at radius 1 is 1.37 bits per heavy atom. The second kappa shape index (κ2) is 5.62. The monoisotopic (exact) mass is 281 g/mol. The number of benzene rings is 1. The predicted octanol–water partition coefficient (Wildman–Crippen LogP) is 2.53. The molecular formula is C12H9ClFN3O2. The number of amides is 1. The summed E-state index contributed by atoms with van der Waals surface area (Å²) in [5.74, 6) is -1.23. The summed E-state index contributed by atoms with van der Waals surface area (Å²) in [6.45, 7) is 0. The lowest BCUT2D eigenvalue weighted by atomic mass is 10.1. The molecule has 2 rings (SSSR count). The summed E-state index contributed by atoms with van der Waals surface area (Å²) >= 11 is 5.76. The molecule has 0 spiro atoms. The minimum absolute atomic E-state index is 0.0196. The molecule has 1 N–H and O–H groups in total. The molecule has 0 radical (unpaired) electrons. The smallest absolute Gasteiger partial charge is 0.263 e. The summed E-state index contributed by atoms with van der Waals surface area (Å²) in [6, 6.07) is 4.09. The minimum atomic E-state index is -0.711. The SMILES string of the molecule is COc1cccc(F)c1C(=O)Nc1nccnc1Cl. The van der Waals surface area contributed by atoms with Crippen molar-refractivity contribution in [2.45, 2.75) is 0 Å². The molecular weight excluding hydrogens is 273 g/mol. The zero-order valence-electron chi connectivity index (χ0n) is 9.85. The van der Waals surface area contributed by atoms with Crippen molar-refractivity contribution >= 4 is 23.3 Å². The number of ether oxygens (including phenoxy) is 1. The number of aromatic nitrogens is 2. The molecule has 1 heterocycles. The Bertz CT molecular complexity index is 622. The van der Waals surface area contributed by atoms with Crippen molar-refractivity contribution < 1.29 is 13.9 Å². The van der Waals surface area contributed by atoms with Crippen molar-refractivity contribution in [2.75, 3.05) is 12.4 Å². The first kappa shape index (κ1) is 13.2. The van der Waals surface area contributed by atoms with Crippen LogP contribution in [0.15, 0.2) is 30.6 Å². The van der Waals surface area contributed by atoms with Gasteiger partial charge in [-0.1, -0.05) is 17.7 Å². The average Bonchev–Trinajstić information content (AvgIpc) is 2.40. The summed E-state index contributed by atoms with van der Waals surface area (Å²) in [4.78, 5) is 19.6. The number of methoxy groups -OCH3 is 1. The van der Waals surface area contributed by atoms with Crippen LogP contribution in [0.3, 0.4) is 0 Å². The fraction of sp³-hybridized carbons (Fsp3) is 0.0833. The lowest BCUT2D eigenvalue weighted by Crippen LogP contribution is -2.16. The van der Waals surface area contributed by atoms with E-state index in [9.17, 15) is 9.18 Å². The molecule has 0 aliphatic carbocycles. The number of rotatable bonds is 3. The highest BCUT2D eigenvalue weighted by Gasteiger charge is 2.19. The zero-order chi connectivity index (χ0) is 13.8. The van der Waals surface area contributed by atoms with Gasteiger partial charge in [-0.25, -0.2) is 14.4 Å². The normalized spacial score (nSPS) is 10.1. The van der Waals surface area contributed by atoms with Crippen LogP contribution in [0.5, 0.6) is 5.75 Å². The van der Waals surface area contributed by atoms with Crippen LogP contribution in [0.4, 0.5) is 10.2 Å². The summed E-state index contributed by atoms with van der Waals surface area (Å²) < 4.78 is 18.6. The lowest BCUT2D eigenvalue weighted by Gasteiger charge is -2.09. The summed E-state index contributed by atoms with van der Waals surface area (Å²) in [6.07, 6.45) is 2.74. The molecule has 0 bridgehead atoms. The molecule has 0 aliphatic rings. The van der Waals surface area contributed by atoms with Crippen LogP contribution in [0.2, 0.25) is 5.15 Å². The Labute approximate surface area is 113 Å². The first-order valence-corrected chi connectivity index (χ1v) is 5.61. The quantitative estimate of drug-likeness (QED) is 0.939. The molecule has 0 saturated heterocycles. The van der Waals surface area contributed by atoms with E-state index in [1.165, 1.54) is 31.6 Å². The number of anilines is 1. The van der Waals surface area contributed by atoms with Gasteiger partial charge >= 0.3 is 0 Å². The van der Waals surface area contributed by atoms with Gasteiger partial charge in [0, 0.05) is 12.4 Å². The minimum Gasteiger partial charge on any atom is -0.496 e. The van der Waals surface area contributed by atoms with E-state index in [0.29, 0.717) is 0 Å². The molecule has 0 unspecified atom stereocenters. The topological polar surface area (TPSA) is 64.1 Å². The van der Waals surface area contributed by atoms with E-state index in [0.717, 1.165) is 6.07 Å². The van der Waals surface area contributed by atoms with E-state index >= 15 is 0 Å². The van der Waals surface area contributed by atoms with Crippen molar-refractivity contribution in [1.29, 1.82) is 0 Å². The standard InChI is InChI=1S/C12H9ClFN3O2/c1-19-8-4-2-3-7(14)9(8)12(18)17-11-10(13)15-5-6-16-11/h2-6H,1H3,(H,16,17,18). The van der Waals surface area contributed by atoms with E-state index in [2.05, 4.69) is 15.3 Å². The van der Waals surface area contributed by atoms with Crippen LogP contribution < -0.4 is 10.1 Å². The van der Waals surface area contributed by atoms with Crippen LogP contribution in [0.25, 0.3) is 0 Å². The summed E-state index contributed by atoms with van der Waals surface area (Å²) in [5.41, 5.74) is -0.216. The maximum absolute atomic E-state index is 13.7. The Balaban J connectivity index is 2.33. The molecule has 0 saturated carbocycles. The Morgan fingerprint density at radius 2 is 2.11 bits per heavy atom. The number of nitrogens with one attached hydrogen (secondary N) is 1. The largest absolute Gasteiger partial charge is 0.496 e. The first-order chi connectivity index (χ1) is 9.13. The molecule has 0 aliphatic heterocycles.